The molecule has 1 heterocycles. The van der Waals surface area contributed by atoms with Crippen LogP contribution < -0.4 is 10.1 Å². The van der Waals surface area contributed by atoms with Crippen molar-refractivity contribution in [3.63, 3.8) is 0 Å². The molecule has 0 bridgehead atoms. The first-order chi connectivity index (χ1) is 12.5. The van der Waals surface area contributed by atoms with Gasteiger partial charge in [-0.25, -0.2) is 13.8 Å². The number of carbonyl (C=O) groups is 1. The first-order valence-electron chi connectivity index (χ1n) is 7.89. The minimum absolute atomic E-state index is 0.0354. The Morgan fingerprint density at radius 1 is 1.23 bits per heavy atom. The number of halogens is 2. The van der Waals surface area contributed by atoms with Crippen LogP contribution in [0.1, 0.15) is 12.1 Å². The number of ether oxygens (including phenoxy) is 1. The Kier molecular flexibility index (Phi) is 5.58. The second-order valence-electron chi connectivity index (χ2n) is 5.55. The summed E-state index contributed by atoms with van der Waals surface area (Å²) < 4.78 is 31.6. The summed E-state index contributed by atoms with van der Waals surface area (Å²) in [6.07, 6.45) is 0.577. The molecule has 7 heteroatoms. The number of rotatable bonds is 6. The third-order valence-corrected chi connectivity index (χ3v) is 4.62. The summed E-state index contributed by atoms with van der Waals surface area (Å²) in [5.74, 6) is -1.09. The average molecular weight is 374 g/mol. The third-order valence-electron chi connectivity index (χ3n) is 3.68. The van der Waals surface area contributed by atoms with E-state index in [9.17, 15) is 13.6 Å². The van der Waals surface area contributed by atoms with Crippen molar-refractivity contribution < 1.29 is 18.3 Å². The predicted octanol–water partition coefficient (Wildman–Crippen LogP) is 4.67. The van der Waals surface area contributed by atoms with Crippen LogP contribution >= 0.6 is 11.3 Å². The standard InChI is InChI=1S/C19H16F2N2O2S/c1-25-15-4-2-3-12(9-15)19-22-14(11-26-19)6-8-18(24)23-17-7-5-13(20)10-16(17)21/h2-5,7,9-11H,6,8H2,1H3,(H,23,24). The molecule has 134 valence electrons. The van der Waals surface area contributed by atoms with Crippen molar-refractivity contribution >= 4 is 22.9 Å². The molecule has 4 nitrogen and oxygen atoms in total. The van der Waals surface area contributed by atoms with E-state index in [-0.39, 0.29) is 18.0 Å². The van der Waals surface area contributed by atoms with E-state index in [1.807, 2.05) is 29.6 Å². The summed E-state index contributed by atoms with van der Waals surface area (Å²) in [7, 11) is 1.61. The molecule has 2 aromatic carbocycles. The molecule has 1 amide bonds. The zero-order chi connectivity index (χ0) is 18.5. The molecule has 0 aliphatic carbocycles. The van der Waals surface area contributed by atoms with Crippen LogP contribution in [0, 0.1) is 11.6 Å². The Morgan fingerprint density at radius 3 is 2.85 bits per heavy atom. The highest BCUT2D eigenvalue weighted by Crippen LogP contribution is 2.27. The van der Waals surface area contributed by atoms with Gasteiger partial charge in [0.25, 0.3) is 0 Å². The van der Waals surface area contributed by atoms with Gasteiger partial charge in [0.1, 0.15) is 22.4 Å². The molecule has 26 heavy (non-hydrogen) atoms. The molecule has 1 N–H and O–H groups in total. The van der Waals surface area contributed by atoms with Crippen LogP contribution in [0.4, 0.5) is 14.5 Å². The Hall–Kier alpha value is -2.80. The summed E-state index contributed by atoms with van der Waals surface area (Å²) in [5, 5.41) is 5.17. The molecular formula is C19H16F2N2O2S. The predicted molar refractivity (Wildman–Crippen MR) is 97.4 cm³/mol. The number of aryl methyl sites for hydroxylation is 1. The average Bonchev–Trinajstić information content (AvgIpc) is 3.11. The number of nitrogens with zero attached hydrogens (tertiary/aromatic N) is 1. The molecular weight excluding hydrogens is 358 g/mol. The Labute approximate surface area is 153 Å². The Bertz CT molecular complexity index is 927. The molecule has 3 rings (SSSR count). The van der Waals surface area contributed by atoms with E-state index in [1.165, 1.54) is 17.4 Å². The van der Waals surface area contributed by atoms with Crippen molar-refractivity contribution in [1.82, 2.24) is 4.98 Å². The van der Waals surface area contributed by atoms with Gasteiger partial charge >= 0.3 is 0 Å². The highest BCUT2D eigenvalue weighted by Gasteiger charge is 2.10. The molecule has 0 spiro atoms. The number of hydrogen-bond donors (Lipinski definition) is 1. The number of benzene rings is 2. The lowest BCUT2D eigenvalue weighted by Crippen LogP contribution is -2.13. The lowest BCUT2D eigenvalue weighted by Gasteiger charge is -2.05. The van der Waals surface area contributed by atoms with Gasteiger partial charge in [-0.3, -0.25) is 4.79 Å². The molecule has 0 aliphatic rings. The van der Waals surface area contributed by atoms with Gasteiger partial charge in [-0.1, -0.05) is 12.1 Å². The molecule has 0 aliphatic heterocycles. The van der Waals surface area contributed by atoms with Crippen LogP contribution in [-0.4, -0.2) is 18.0 Å². The molecule has 0 atom stereocenters. The SMILES string of the molecule is COc1cccc(-c2nc(CCC(=O)Nc3ccc(F)cc3F)cs2)c1. The summed E-state index contributed by atoms with van der Waals surface area (Å²) in [6.45, 7) is 0. The lowest BCUT2D eigenvalue weighted by atomic mass is 10.2. The van der Waals surface area contributed by atoms with Crippen molar-refractivity contribution in [3.8, 4) is 16.3 Å². The van der Waals surface area contributed by atoms with Gasteiger partial charge in [0.15, 0.2) is 0 Å². The van der Waals surface area contributed by atoms with Crippen LogP contribution in [0.2, 0.25) is 0 Å². The van der Waals surface area contributed by atoms with Crippen molar-refractivity contribution in [3.05, 3.63) is 65.2 Å². The number of thiazole rings is 1. The number of carbonyl (C=O) groups excluding carboxylic acids is 1. The monoisotopic (exact) mass is 374 g/mol. The molecule has 3 aromatic rings. The van der Waals surface area contributed by atoms with E-state index in [0.29, 0.717) is 6.42 Å². The van der Waals surface area contributed by atoms with Crippen LogP contribution in [0.3, 0.4) is 0 Å². The summed E-state index contributed by atoms with van der Waals surface area (Å²) in [6, 6.07) is 10.6. The van der Waals surface area contributed by atoms with E-state index in [2.05, 4.69) is 10.3 Å². The van der Waals surface area contributed by atoms with Crippen LogP contribution in [0.5, 0.6) is 5.75 Å². The number of methoxy groups -OCH3 is 1. The molecule has 0 saturated heterocycles. The molecule has 1 aromatic heterocycles. The van der Waals surface area contributed by atoms with E-state index >= 15 is 0 Å². The van der Waals surface area contributed by atoms with Gasteiger partial charge in [0, 0.05) is 23.4 Å². The van der Waals surface area contributed by atoms with Crippen molar-refractivity contribution in [2.45, 2.75) is 12.8 Å². The number of anilines is 1. The summed E-state index contributed by atoms with van der Waals surface area (Å²) in [5.41, 5.74) is 1.69. The Morgan fingerprint density at radius 2 is 2.08 bits per heavy atom. The highest BCUT2D eigenvalue weighted by atomic mass is 32.1. The molecule has 0 unspecified atom stereocenters. The zero-order valence-corrected chi connectivity index (χ0v) is 14.8. The zero-order valence-electron chi connectivity index (χ0n) is 14.0. The largest absolute Gasteiger partial charge is 0.497 e. The topological polar surface area (TPSA) is 51.2 Å². The van der Waals surface area contributed by atoms with Crippen molar-refractivity contribution in [2.24, 2.45) is 0 Å². The summed E-state index contributed by atoms with van der Waals surface area (Å²) in [4.78, 5) is 16.5. The van der Waals surface area contributed by atoms with Gasteiger partial charge in [-0.2, -0.15) is 0 Å². The highest BCUT2D eigenvalue weighted by molar-refractivity contribution is 7.13. The fourth-order valence-electron chi connectivity index (χ4n) is 2.36. The van der Waals surface area contributed by atoms with Gasteiger partial charge in [-0.15, -0.1) is 11.3 Å². The number of amides is 1. The number of hydrogen-bond acceptors (Lipinski definition) is 4. The lowest BCUT2D eigenvalue weighted by molar-refractivity contribution is -0.116. The molecule has 0 radical (unpaired) electrons. The maximum Gasteiger partial charge on any atom is 0.224 e. The molecule has 0 saturated carbocycles. The van der Waals surface area contributed by atoms with Crippen LogP contribution in [0.15, 0.2) is 47.8 Å². The fraction of sp³-hybridized carbons (Fsp3) is 0.158. The second-order valence-corrected chi connectivity index (χ2v) is 6.41. The van der Waals surface area contributed by atoms with Gasteiger partial charge in [0.05, 0.1) is 18.5 Å². The minimum atomic E-state index is -0.799. The maximum absolute atomic E-state index is 13.6. The third kappa shape index (κ3) is 4.43. The van der Waals surface area contributed by atoms with E-state index in [1.54, 1.807) is 7.11 Å². The van der Waals surface area contributed by atoms with Gasteiger partial charge in [-0.05, 0) is 30.7 Å². The second kappa shape index (κ2) is 8.05. The van der Waals surface area contributed by atoms with E-state index in [4.69, 9.17) is 4.74 Å². The maximum atomic E-state index is 13.6. The smallest absolute Gasteiger partial charge is 0.224 e. The minimum Gasteiger partial charge on any atom is -0.497 e. The van der Waals surface area contributed by atoms with Crippen molar-refractivity contribution in [1.29, 1.82) is 0 Å². The van der Waals surface area contributed by atoms with Gasteiger partial charge in [0.2, 0.25) is 5.91 Å². The number of nitrogens with one attached hydrogen (secondary N) is 1. The number of aromatic nitrogens is 1. The van der Waals surface area contributed by atoms with Crippen molar-refractivity contribution in [2.75, 3.05) is 12.4 Å². The summed E-state index contributed by atoms with van der Waals surface area (Å²) >= 11 is 1.48. The van der Waals surface area contributed by atoms with E-state index in [0.717, 1.165) is 34.1 Å². The van der Waals surface area contributed by atoms with Gasteiger partial charge < -0.3 is 10.1 Å². The molecule has 0 fully saturated rings. The van der Waals surface area contributed by atoms with Crippen LogP contribution in [0.25, 0.3) is 10.6 Å². The fourth-order valence-corrected chi connectivity index (χ4v) is 3.21. The first kappa shape index (κ1) is 18.0. The first-order valence-corrected chi connectivity index (χ1v) is 8.77. The quantitative estimate of drug-likeness (QED) is 0.682. The normalized spacial score (nSPS) is 10.6. The van der Waals surface area contributed by atoms with Crippen LogP contribution in [-0.2, 0) is 11.2 Å². The Balaban J connectivity index is 1.60. The van der Waals surface area contributed by atoms with E-state index < -0.39 is 11.6 Å².